The van der Waals surface area contributed by atoms with E-state index in [0.29, 0.717) is 23.6 Å². The summed E-state index contributed by atoms with van der Waals surface area (Å²) in [6.45, 7) is 7.82. The molecular formula is C22H27NO6S. The number of amides is 1. The number of ether oxygens (including phenoxy) is 3. The van der Waals surface area contributed by atoms with Crippen molar-refractivity contribution in [2.75, 3.05) is 25.1 Å². The van der Waals surface area contributed by atoms with Crippen LogP contribution in [-0.4, -0.2) is 37.7 Å². The maximum absolute atomic E-state index is 12.4. The van der Waals surface area contributed by atoms with Crippen LogP contribution < -0.4 is 10.1 Å². The van der Waals surface area contributed by atoms with Gasteiger partial charge in [0.1, 0.15) is 15.6 Å². The molecular weight excluding hydrogens is 406 g/mol. The number of rotatable bonds is 10. The van der Waals surface area contributed by atoms with E-state index in [4.69, 9.17) is 14.2 Å². The highest BCUT2D eigenvalue weighted by atomic mass is 32.1. The van der Waals surface area contributed by atoms with Gasteiger partial charge in [-0.15, -0.1) is 11.3 Å². The summed E-state index contributed by atoms with van der Waals surface area (Å²) in [5.74, 6) is -0.638. The topological polar surface area (TPSA) is 90.9 Å². The van der Waals surface area contributed by atoms with Crippen molar-refractivity contribution in [2.45, 2.75) is 40.5 Å². The van der Waals surface area contributed by atoms with Gasteiger partial charge in [-0.3, -0.25) is 4.79 Å². The summed E-state index contributed by atoms with van der Waals surface area (Å²) in [7, 11) is 0. The SMILES string of the molecule is CCOC(=O)c1sc(NC(=O)CCCOc2ccc(C)cc2)c(C(=O)OCC)c1C. The average Bonchev–Trinajstić information content (AvgIpc) is 3.03. The summed E-state index contributed by atoms with van der Waals surface area (Å²) in [4.78, 5) is 37.2. The second kappa shape index (κ2) is 11.3. The first kappa shape index (κ1) is 23.4. The van der Waals surface area contributed by atoms with Gasteiger partial charge in [0.15, 0.2) is 0 Å². The normalized spacial score (nSPS) is 10.4. The van der Waals surface area contributed by atoms with Crippen molar-refractivity contribution in [1.82, 2.24) is 0 Å². The van der Waals surface area contributed by atoms with Gasteiger partial charge in [0.2, 0.25) is 5.91 Å². The van der Waals surface area contributed by atoms with E-state index in [2.05, 4.69) is 5.32 Å². The zero-order valence-electron chi connectivity index (χ0n) is 17.7. The summed E-state index contributed by atoms with van der Waals surface area (Å²) in [6.07, 6.45) is 0.712. The highest BCUT2D eigenvalue weighted by molar-refractivity contribution is 7.18. The largest absolute Gasteiger partial charge is 0.494 e. The lowest BCUT2D eigenvalue weighted by Gasteiger charge is -2.08. The number of benzene rings is 1. The lowest BCUT2D eigenvalue weighted by molar-refractivity contribution is -0.116. The molecule has 0 spiro atoms. The molecule has 7 nitrogen and oxygen atoms in total. The number of carbonyl (C=O) groups excluding carboxylic acids is 3. The molecule has 30 heavy (non-hydrogen) atoms. The van der Waals surface area contributed by atoms with Crippen molar-refractivity contribution in [3.63, 3.8) is 0 Å². The minimum atomic E-state index is -0.584. The Morgan fingerprint density at radius 3 is 2.23 bits per heavy atom. The van der Waals surface area contributed by atoms with E-state index >= 15 is 0 Å². The van der Waals surface area contributed by atoms with Crippen molar-refractivity contribution in [1.29, 1.82) is 0 Å². The standard InChI is InChI=1S/C22H27NO6S/c1-5-27-21(25)18-15(4)19(22(26)28-6-2)30-20(18)23-17(24)8-7-13-29-16-11-9-14(3)10-12-16/h9-12H,5-8,13H2,1-4H3,(H,23,24). The molecule has 0 bridgehead atoms. The minimum Gasteiger partial charge on any atom is -0.494 e. The van der Waals surface area contributed by atoms with E-state index in [1.54, 1.807) is 20.8 Å². The molecule has 162 valence electrons. The molecule has 0 unspecified atom stereocenters. The Morgan fingerprint density at radius 2 is 1.60 bits per heavy atom. The second-order valence-electron chi connectivity index (χ2n) is 6.51. The maximum Gasteiger partial charge on any atom is 0.348 e. The van der Waals surface area contributed by atoms with Crippen LogP contribution in [0.3, 0.4) is 0 Å². The summed E-state index contributed by atoms with van der Waals surface area (Å²) in [5, 5.41) is 3.02. The number of thiophene rings is 1. The van der Waals surface area contributed by atoms with Gasteiger partial charge in [0, 0.05) is 6.42 Å². The minimum absolute atomic E-state index is 0.187. The molecule has 0 aliphatic heterocycles. The van der Waals surface area contributed by atoms with E-state index in [0.717, 1.165) is 22.6 Å². The van der Waals surface area contributed by atoms with Gasteiger partial charge < -0.3 is 19.5 Å². The number of anilines is 1. The van der Waals surface area contributed by atoms with Gasteiger partial charge in [0.25, 0.3) is 0 Å². The van der Waals surface area contributed by atoms with Crippen molar-refractivity contribution in [2.24, 2.45) is 0 Å². The van der Waals surface area contributed by atoms with Crippen LogP contribution in [-0.2, 0) is 14.3 Å². The van der Waals surface area contributed by atoms with Gasteiger partial charge in [-0.1, -0.05) is 17.7 Å². The Kier molecular flexibility index (Phi) is 8.86. The van der Waals surface area contributed by atoms with E-state index in [1.807, 2.05) is 31.2 Å². The van der Waals surface area contributed by atoms with Crippen LogP contribution in [0.25, 0.3) is 0 Å². The summed E-state index contributed by atoms with van der Waals surface area (Å²) < 4.78 is 15.7. The number of hydrogen-bond donors (Lipinski definition) is 1. The van der Waals surface area contributed by atoms with Crippen molar-refractivity contribution in [3.8, 4) is 5.75 Å². The van der Waals surface area contributed by atoms with E-state index in [1.165, 1.54) is 0 Å². The third-order valence-electron chi connectivity index (χ3n) is 4.18. The fourth-order valence-electron chi connectivity index (χ4n) is 2.69. The van der Waals surface area contributed by atoms with Crippen LogP contribution in [0.2, 0.25) is 0 Å². The number of nitrogens with one attached hydrogen (secondary N) is 1. The van der Waals surface area contributed by atoms with Crippen LogP contribution in [0.15, 0.2) is 24.3 Å². The lowest BCUT2D eigenvalue weighted by Crippen LogP contribution is -2.15. The van der Waals surface area contributed by atoms with Gasteiger partial charge in [-0.05, 0) is 51.8 Å². The lowest BCUT2D eigenvalue weighted by atomic mass is 10.1. The zero-order valence-corrected chi connectivity index (χ0v) is 18.5. The van der Waals surface area contributed by atoms with Crippen LogP contribution in [0.1, 0.15) is 57.8 Å². The van der Waals surface area contributed by atoms with Crippen LogP contribution >= 0.6 is 11.3 Å². The number of esters is 2. The monoisotopic (exact) mass is 433 g/mol. The molecule has 1 aromatic heterocycles. The summed E-state index contributed by atoms with van der Waals surface area (Å²) >= 11 is 1.02. The van der Waals surface area contributed by atoms with Gasteiger partial charge in [-0.25, -0.2) is 9.59 Å². The molecule has 0 atom stereocenters. The zero-order chi connectivity index (χ0) is 22.1. The van der Waals surface area contributed by atoms with Crippen molar-refractivity contribution >= 4 is 34.2 Å². The fourth-order valence-corrected chi connectivity index (χ4v) is 3.79. The average molecular weight is 434 g/mol. The smallest absolute Gasteiger partial charge is 0.348 e. The van der Waals surface area contributed by atoms with Gasteiger partial charge in [-0.2, -0.15) is 0 Å². The van der Waals surface area contributed by atoms with E-state index in [-0.39, 0.29) is 36.0 Å². The predicted molar refractivity (Wildman–Crippen MR) is 116 cm³/mol. The Labute approximate surface area is 180 Å². The Bertz CT molecular complexity index is 888. The summed E-state index contributed by atoms with van der Waals surface area (Å²) in [5.41, 5.74) is 1.77. The predicted octanol–water partition coefficient (Wildman–Crippen LogP) is 4.52. The molecule has 1 amide bonds. The maximum atomic E-state index is 12.4. The molecule has 8 heteroatoms. The van der Waals surface area contributed by atoms with Crippen LogP contribution in [0.5, 0.6) is 5.75 Å². The molecule has 0 saturated heterocycles. The fraction of sp³-hybridized carbons (Fsp3) is 0.409. The summed E-state index contributed by atoms with van der Waals surface area (Å²) in [6, 6.07) is 7.68. The molecule has 2 rings (SSSR count). The van der Waals surface area contributed by atoms with Crippen molar-refractivity contribution in [3.05, 3.63) is 45.8 Å². The molecule has 1 heterocycles. The number of carbonyl (C=O) groups is 3. The second-order valence-corrected chi connectivity index (χ2v) is 7.54. The van der Waals surface area contributed by atoms with E-state index < -0.39 is 11.9 Å². The molecule has 0 saturated carbocycles. The molecule has 0 aliphatic carbocycles. The highest BCUT2D eigenvalue weighted by Gasteiger charge is 2.27. The Balaban J connectivity index is 2.01. The molecule has 0 aliphatic rings. The third-order valence-corrected chi connectivity index (χ3v) is 5.37. The number of aryl methyl sites for hydroxylation is 1. The quantitative estimate of drug-likeness (QED) is 0.438. The molecule has 1 N–H and O–H groups in total. The van der Waals surface area contributed by atoms with Crippen LogP contribution in [0, 0.1) is 13.8 Å². The highest BCUT2D eigenvalue weighted by Crippen LogP contribution is 2.34. The van der Waals surface area contributed by atoms with Gasteiger partial charge >= 0.3 is 11.9 Å². The Hall–Kier alpha value is -2.87. The number of hydrogen-bond acceptors (Lipinski definition) is 7. The first-order valence-corrected chi connectivity index (χ1v) is 10.7. The first-order valence-electron chi connectivity index (χ1n) is 9.84. The molecule has 1 aromatic carbocycles. The Morgan fingerprint density at radius 1 is 0.967 bits per heavy atom. The molecule has 2 aromatic rings. The molecule has 0 radical (unpaired) electrons. The van der Waals surface area contributed by atoms with Crippen molar-refractivity contribution < 1.29 is 28.6 Å². The first-order chi connectivity index (χ1) is 14.4. The van der Waals surface area contributed by atoms with Crippen LogP contribution in [0.4, 0.5) is 5.00 Å². The third kappa shape index (κ3) is 6.32. The van der Waals surface area contributed by atoms with Gasteiger partial charge in [0.05, 0.1) is 25.4 Å². The molecule has 0 fully saturated rings. The van der Waals surface area contributed by atoms with E-state index in [9.17, 15) is 14.4 Å².